The monoisotopic (exact) mass is 493 g/mol. The van der Waals surface area contributed by atoms with E-state index < -0.39 is 21.8 Å². The molecule has 2 aromatic rings. The van der Waals surface area contributed by atoms with Crippen LogP contribution >= 0.6 is 11.3 Å². The summed E-state index contributed by atoms with van der Waals surface area (Å²) in [5, 5.41) is 0. The van der Waals surface area contributed by atoms with Gasteiger partial charge in [0.2, 0.25) is 15.9 Å². The number of piperidine rings is 1. The largest absolute Gasteiger partial charge is 0.279 e. The lowest BCUT2D eigenvalue weighted by Crippen LogP contribution is -2.48. The minimum absolute atomic E-state index is 0.0316. The summed E-state index contributed by atoms with van der Waals surface area (Å²) >= 11 is 1.49. The van der Waals surface area contributed by atoms with Crippen LogP contribution in [0, 0.1) is 11.7 Å². The van der Waals surface area contributed by atoms with E-state index in [1.54, 1.807) is 0 Å². The predicted molar refractivity (Wildman–Crippen MR) is 124 cm³/mol. The molecule has 1 aliphatic carbocycles. The van der Waals surface area contributed by atoms with E-state index in [0.29, 0.717) is 17.7 Å². The summed E-state index contributed by atoms with van der Waals surface area (Å²) in [5.74, 6) is -1.54. The van der Waals surface area contributed by atoms with Gasteiger partial charge in [0.05, 0.1) is 9.77 Å². The summed E-state index contributed by atoms with van der Waals surface area (Å²) < 4.78 is 39.9. The summed E-state index contributed by atoms with van der Waals surface area (Å²) in [6.07, 6.45) is 7.39. The van der Waals surface area contributed by atoms with Crippen LogP contribution in [-0.2, 0) is 27.7 Å². The summed E-state index contributed by atoms with van der Waals surface area (Å²) in [4.78, 5) is 27.0. The molecular formula is C23H28FN3O4S2. The van der Waals surface area contributed by atoms with E-state index in [1.807, 2.05) is 6.07 Å². The predicted octanol–water partition coefficient (Wildman–Crippen LogP) is 3.41. The maximum absolute atomic E-state index is 13.1. The number of aryl methyl sites for hydroxylation is 2. The molecular weight excluding hydrogens is 465 g/mol. The number of carbonyl (C=O) groups is 2. The number of hydrogen-bond acceptors (Lipinski definition) is 5. The first-order chi connectivity index (χ1) is 15.8. The highest BCUT2D eigenvalue weighted by Gasteiger charge is 2.32. The second-order valence-corrected chi connectivity index (χ2v) is 11.6. The van der Waals surface area contributed by atoms with Crippen molar-refractivity contribution >= 4 is 33.2 Å². The maximum atomic E-state index is 13.1. The molecule has 0 atom stereocenters. The number of thiophene rings is 1. The third-order valence-corrected chi connectivity index (χ3v) is 9.44. The Morgan fingerprint density at radius 3 is 2.33 bits per heavy atom. The summed E-state index contributed by atoms with van der Waals surface area (Å²) in [6, 6.07) is 6.65. The Morgan fingerprint density at radius 1 is 0.970 bits per heavy atom. The average Bonchev–Trinajstić information content (AvgIpc) is 3.19. The lowest BCUT2D eigenvalue weighted by Gasteiger charge is -2.30. The van der Waals surface area contributed by atoms with Gasteiger partial charge in [-0.1, -0.05) is 12.8 Å². The van der Waals surface area contributed by atoms with Crippen LogP contribution in [0.2, 0.25) is 0 Å². The minimum Gasteiger partial charge on any atom is -0.273 e. The summed E-state index contributed by atoms with van der Waals surface area (Å²) in [6.45, 7) is 0.368. The van der Waals surface area contributed by atoms with Gasteiger partial charge in [0.15, 0.2) is 0 Å². The first-order valence-electron chi connectivity index (χ1n) is 11.3. The fraction of sp³-hybridized carbons (Fsp3) is 0.478. The highest BCUT2D eigenvalue weighted by atomic mass is 32.2. The number of benzene rings is 1. The standard InChI is InChI=1S/C23H28FN3O4S2/c24-18-7-9-19(10-8-18)33(30,31)27-13-11-16(12-14-27)22(28)25-26-23(29)21-15-17-5-3-1-2-4-6-20(17)32-21/h7-10,15-16H,1-6,11-14H2,(H,25,28)(H,26,29). The van der Waals surface area contributed by atoms with Gasteiger partial charge in [0.1, 0.15) is 5.82 Å². The molecule has 0 radical (unpaired) electrons. The topological polar surface area (TPSA) is 95.6 Å². The van der Waals surface area contributed by atoms with Gasteiger partial charge in [-0.2, -0.15) is 4.31 Å². The molecule has 0 spiro atoms. The van der Waals surface area contributed by atoms with E-state index in [1.165, 1.54) is 51.1 Å². The van der Waals surface area contributed by atoms with Gasteiger partial charge in [-0.05, 0) is 74.4 Å². The molecule has 0 unspecified atom stereocenters. The Kier molecular flexibility index (Phi) is 7.45. The van der Waals surface area contributed by atoms with Crippen LogP contribution < -0.4 is 10.9 Å². The fourth-order valence-electron chi connectivity index (χ4n) is 4.35. The van der Waals surface area contributed by atoms with Gasteiger partial charge in [0, 0.05) is 23.9 Å². The molecule has 7 nitrogen and oxygen atoms in total. The van der Waals surface area contributed by atoms with Gasteiger partial charge < -0.3 is 0 Å². The molecule has 1 aromatic heterocycles. The average molecular weight is 494 g/mol. The molecule has 1 aromatic carbocycles. The van der Waals surface area contributed by atoms with Crippen LogP contribution in [0.15, 0.2) is 35.2 Å². The highest BCUT2D eigenvalue weighted by molar-refractivity contribution is 7.89. The Balaban J connectivity index is 1.28. The van der Waals surface area contributed by atoms with Crippen LogP contribution in [0.4, 0.5) is 4.39 Å². The fourth-order valence-corrected chi connectivity index (χ4v) is 6.97. The van der Waals surface area contributed by atoms with Crippen molar-refractivity contribution in [3.8, 4) is 0 Å². The molecule has 1 saturated heterocycles. The van der Waals surface area contributed by atoms with Gasteiger partial charge in [0.25, 0.3) is 5.91 Å². The van der Waals surface area contributed by atoms with Crippen LogP contribution in [0.3, 0.4) is 0 Å². The number of sulfonamides is 1. The number of hydrogen-bond donors (Lipinski definition) is 2. The molecule has 2 amide bonds. The van der Waals surface area contributed by atoms with E-state index in [4.69, 9.17) is 0 Å². The van der Waals surface area contributed by atoms with Crippen molar-refractivity contribution in [2.24, 2.45) is 5.92 Å². The van der Waals surface area contributed by atoms with Crippen molar-refractivity contribution in [3.05, 3.63) is 51.5 Å². The Labute approximate surface area is 197 Å². The molecule has 0 saturated carbocycles. The molecule has 33 heavy (non-hydrogen) atoms. The zero-order valence-corrected chi connectivity index (χ0v) is 19.9. The summed E-state index contributed by atoms with van der Waals surface area (Å²) in [5.41, 5.74) is 6.26. The third kappa shape index (κ3) is 5.62. The maximum Gasteiger partial charge on any atom is 0.279 e. The number of fused-ring (bicyclic) bond motifs is 1. The quantitative estimate of drug-likeness (QED) is 0.638. The van der Waals surface area contributed by atoms with Gasteiger partial charge in [-0.15, -0.1) is 11.3 Å². The van der Waals surface area contributed by atoms with Gasteiger partial charge >= 0.3 is 0 Å². The van der Waals surface area contributed by atoms with Gasteiger partial charge in [-0.3, -0.25) is 20.4 Å². The Morgan fingerprint density at radius 2 is 1.64 bits per heavy atom. The number of halogens is 1. The normalized spacial score (nSPS) is 18.1. The highest BCUT2D eigenvalue weighted by Crippen LogP contribution is 2.28. The van der Waals surface area contributed by atoms with Crippen molar-refractivity contribution in [1.82, 2.24) is 15.2 Å². The SMILES string of the molecule is O=C(NNC(=O)C1CCN(S(=O)(=O)c2ccc(F)cc2)CC1)c1cc2c(s1)CCCCCC2. The number of amides is 2. The molecule has 0 bridgehead atoms. The minimum atomic E-state index is -3.73. The van der Waals surface area contributed by atoms with Crippen molar-refractivity contribution in [1.29, 1.82) is 0 Å². The van der Waals surface area contributed by atoms with Crippen LogP contribution in [-0.4, -0.2) is 37.6 Å². The van der Waals surface area contributed by atoms with Crippen molar-refractivity contribution in [3.63, 3.8) is 0 Å². The summed E-state index contributed by atoms with van der Waals surface area (Å²) in [7, 11) is -3.73. The number of hydrazine groups is 1. The van der Waals surface area contributed by atoms with Crippen LogP contribution in [0.5, 0.6) is 0 Å². The van der Waals surface area contributed by atoms with E-state index in [-0.39, 0.29) is 29.8 Å². The van der Waals surface area contributed by atoms with E-state index >= 15 is 0 Å². The number of nitrogens with one attached hydrogen (secondary N) is 2. The second kappa shape index (κ2) is 10.3. The van der Waals surface area contributed by atoms with E-state index in [9.17, 15) is 22.4 Å². The Hall–Kier alpha value is -2.30. The molecule has 4 rings (SSSR count). The third-order valence-electron chi connectivity index (χ3n) is 6.30. The van der Waals surface area contributed by atoms with Crippen molar-refractivity contribution in [2.75, 3.05) is 13.1 Å². The molecule has 1 fully saturated rings. The first kappa shape index (κ1) is 23.8. The lowest BCUT2D eigenvalue weighted by atomic mass is 9.98. The Bertz CT molecular complexity index is 1080. The van der Waals surface area contributed by atoms with E-state index in [2.05, 4.69) is 10.9 Å². The first-order valence-corrected chi connectivity index (χ1v) is 13.6. The van der Waals surface area contributed by atoms with Crippen molar-refractivity contribution < 1.29 is 22.4 Å². The molecule has 2 aliphatic rings. The zero-order chi connectivity index (χ0) is 23.4. The van der Waals surface area contributed by atoms with Gasteiger partial charge in [-0.25, -0.2) is 12.8 Å². The molecule has 2 heterocycles. The number of carbonyl (C=O) groups excluding carboxylic acids is 2. The smallest absolute Gasteiger partial charge is 0.273 e. The van der Waals surface area contributed by atoms with Crippen molar-refractivity contribution in [2.45, 2.75) is 56.3 Å². The number of rotatable bonds is 4. The lowest BCUT2D eigenvalue weighted by molar-refractivity contribution is -0.126. The molecule has 2 N–H and O–H groups in total. The zero-order valence-electron chi connectivity index (χ0n) is 18.3. The van der Waals surface area contributed by atoms with E-state index in [0.717, 1.165) is 37.8 Å². The van der Waals surface area contributed by atoms with Crippen LogP contribution in [0.25, 0.3) is 0 Å². The second-order valence-electron chi connectivity index (χ2n) is 8.55. The molecule has 178 valence electrons. The van der Waals surface area contributed by atoms with Crippen LogP contribution in [0.1, 0.15) is 58.6 Å². The number of nitrogens with zero attached hydrogens (tertiary/aromatic N) is 1. The molecule has 10 heteroatoms. The molecule has 1 aliphatic heterocycles.